The molecule has 0 fully saturated rings. The maximum atomic E-state index is 8.62. The van der Waals surface area contributed by atoms with Gasteiger partial charge in [0, 0.05) is 0 Å². The van der Waals surface area contributed by atoms with E-state index in [1.807, 2.05) is 12.1 Å². The topological polar surface area (TPSA) is 26.3 Å². The first kappa shape index (κ1) is 30.2. The molecule has 0 saturated carbocycles. The van der Waals surface area contributed by atoms with E-state index in [2.05, 4.69) is 101 Å². The quantitative estimate of drug-likeness (QED) is 0.163. The van der Waals surface area contributed by atoms with Crippen LogP contribution >= 0.6 is 17.0 Å². The molecule has 2 aliphatic carbocycles. The van der Waals surface area contributed by atoms with Crippen molar-refractivity contribution in [1.82, 2.24) is 0 Å². The van der Waals surface area contributed by atoms with Crippen LogP contribution in [0.4, 0.5) is 0 Å². The van der Waals surface area contributed by atoms with E-state index in [0.29, 0.717) is 11.8 Å². The van der Waals surface area contributed by atoms with Gasteiger partial charge in [0.1, 0.15) is 0 Å². The summed E-state index contributed by atoms with van der Waals surface area (Å²) in [6.45, 7) is 14.1. The van der Waals surface area contributed by atoms with Crippen molar-refractivity contribution in [2.45, 2.75) is 60.9 Å². The van der Waals surface area contributed by atoms with Gasteiger partial charge in [0.2, 0.25) is 0 Å². The van der Waals surface area contributed by atoms with Gasteiger partial charge in [-0.1, -0.05) is 0 Å². The van der Waals surface area contributed by atoms with Crippen LogP contribution in [0.2, 0.25) is 13.1 Å². The second-order valence-corrected chi connectivity index (χ2v) is 56.0. The van der Waals surface area contributed by atoms with Crippen molar-refractivity contribution >= 4 is 35.1 Å². The van der Waals surface area contributed by atoms with Gasteiger partial charge < -0.3 is 0 Å². The van der Waals surface area contributed by atoms with Crippen molar-refractivity contribution in [3.63, 3.8) is 0 Å². The fourth-order valence-corrected chi connectivity index (χ4v) is 39.0. The van der Waals surface area contributed by atoms with Gasteiger partial charge in [0.05, 0.1) is 0 Å². The number of fused-ring (bicyclic) bond motifs is 2. The zero-order chi connectivity index (χ0) is 29.8. The van der Waals surface area contributed by atoms with E-state index >= 15 is 0 Å². The zero-order valence-electron chi connectivity index (χ0n) is 25.5. The van der Waals surface area contributed by atoms with Crippen LogP contribution in [0.15, 0.2) is 93.2 Å². The Balaban J connectivity index is 1.62. The molecule has 0 amide bonds. The zero-order valence-corrected chi connectivity index (χ0v) is 30.6. The molecule has 2 heterocycles. The van der Waals surface area contributed by atoms with Crippen LogP contribution in [-0.4, -0.2) is 5.92 Å². The third-order valence-corrected chi connectivity index (χ3v) is 61.2. The van der Waals surface area contributed by atoms with Crippen LogP contribution in [-0.2, 0) is 15.6 Å². The van der Waals surface area contributed by atoms with E-state index in [0.717, 1.165) is 35.5 Å². The fraction of sp³-hybridized carbons (Fsp3) is 0.333. The van der Waals surface area contributed by atoms with Gasteiger partial charge in [-0.2, -0.15) is 0 Å². The molecule has 4 aromatic rings. The summed E-state index contributed by atoms with van der Waals surface area (Å²) in [5, 5.41) is 0. The summed E-state index contributed by atoms with van der Waals surface area (Å²) in [5.41, 5.74) is 10.2. The van der Waals surface area contributed by atoms with E-state index in [1.54, 1.807) is 12.5 Å². The summed E-state index contributed by atoms with van der Waals surface area (Å²) in [5.74, 6) is 1.12. The van der Waals surface area contributed by atoms with Crippen molar-refractivity contribution < 1.29 is 24.4 Å². The molecule has 0 aliphatic heterocycles. The van der Waals surface area contributed by atoms with Gasteiger partial charge in [-0.15, -0.1) is 0 Å². The summed E-state index contributed by atoms with van der Waals surface area (Å²) in [4.78, 5) is 0. The summed E-state index contributed by atoms with van der Waals surface area (Å²) < 4.78 is 12.0. The Bertz CT molecular complexity index is 1540. The van der Waals surface area contributed by atoms with Crippen LogP contribution < -0.4 is 0 Å². The SMILES string of the molecule is CC(C)CC1=Cc2c(-c3ccco3)cccc2[CH]1[Zr]([Cl])([Cl])([CH]1C(CC(C)C)=Cc2c(-c3ccco3)cccc21)[SiH](C)C. The second kappa shape index (κ2) is 11.3. The summed E-state index contributed by atoms with van der Waals surface area (Å²) in [6.07, 6.45) is 10.3. The molecule has 0 bridgehead atoms. The molecule has 6 rings (SSSR count). The van der Waals surface area contributed by atoms with E-state index < -0.39 is 21.5 Å². The molecule has 2 aliphatic rings. The second-order valence-electron chi connectivity index (χ2n) is 13.5. The molecule has 0 N–H and O–H groups in total. The number of furan rings is 2. The Labute approximate surface area is 259 Å². The third-order valence-electron chi connectivity index (χ3n) is 9.37. The molecule has 2 atom stereocenters. The van der Waals surface area contributed by atoms with Crippen LogP contribution in [0.1, 0.15) is 70.0 Å². The Morgan fingerprint density at radius 3 is 1.43 bits per heavy atom. The monoisotopic (exact) mass is 693 g/mol. The van der Waals surface area contributed by atoms with E-state index in [4.69, 9.17) is 25.9 Å². The summed E-state index contributed by atoms with van der Waals surface area (Å²) in [7, 11) is 17.2. The normalized spacial score (nSPS) is 19.2. The van der Waals surface area contributed by atoms with Gasteiger partial charge in [-0.3, -0.25) is 0 Å². The number of hydrogen-bond acceptors (Lipinski definition) is 2. The molecule has 219 valence electrons. The van der Waals surface area contributed by atoms with Crippen LogP contribution in [0, 0.1) is 11.8 Å². The number of rotatable bonds is 9. The van der Waals surface area contributed by atoms with E-state index in [9.17, 15) is 0 Å². The minimum absolute atomic E-state index is 0.0625. The Kier molecular flexibility index (Phi) is 8.10. The minimum atomic E-state index is -4.85. The fourth-order valence-electron chi connectivity index (χ4n) is 7.65. The first-order valence-corrected chi connectivity index (χ1v) is 31.6. The molecular formula is C36H41Cl2O2SiZr. The van der Waals surface area contributed by atoms with Crippen LogP contribution in [0.3, 0.4) is 0 Å². The summed E-state index contributed by atoms with van der Waals surface area (Å²) >= 11 is -4.85. The van der Waals surface area contributed by atoms with Gasteiger partial charge in [0.25, 0.3) is 0 Å². The molecule has 2 nitrogen and oxygen atoms in total. The molecule has 0 saturated heterocycles. The number of hydrogen-bond donors (Lipinski definition) is 0. The molecular weight excluding hydrogens is 655 g/mol. The Hall–Kier alpha value is -1.84. The average molecular weight is 696 g/mol. The van der Waals surface area contributed by atoms with Crippen molar-refractivity contribution in [3.8, 4) is 22.6 Å². The molecule has 6 heteroatoms. The molecule has 2 aromatic heterocycles. The van der Waals surface area contributed by atoms with Crippen molar-refractivity contribution in [2.75, 3.05) is 0 Å². The number of halogens is 2. The molecule has 0 spiro atoms. The predicted octanol–water partition coefficient (Wildman–Crippen LogP) is 11.9. The van der Waals surface area contributed by atoms with Crippen molar-refractivity contribution in [1.29, 1.82) is 0 Å². The van der Waals surface area contributed by atoms with E-state index in [-0.39, 0.29) is 7.25 Å². The summed E-state index contributed by atoms with van der Waals surface area (Å²) in [6, 6.07) is 21.3. The van der Waals surface area contributed by atoms with Gasteiger partial charge in [-0.05, 0) is 0 Å². The standard InChI is InChI=1S/2C17H17O.C2H7Si.2ClH.Zr/c2*1-12(2)9-13-10-14-5-3-6-15(16(14)11-13)17-7-4-8-18-17;1-3-2;;;/h2*3-8,10-12H,9H2,1-2H3;3H,1-2H3;2*1H;/q;;;;;+2/p-2. The van der Waals surface area contributed by atoms with Crippen LogP contribution in [0.25, 0.3) is 34.8 Å². The first-order chi connectivity index (χ1) is 20.0. The maximum absolute atomic E-state index is 8.62. The van der Waals surface area contributed by atoms with Gasteiger partial charge >= 0.3 is 261 Å². The van der Waals surface area contributed by atoms with E-state index in [1.165, 1.54) is 33.4 Å². The van der Waals surface area contributed by atoms with Crippen LogP contribution in [0.5, 0.6) is 0 Å². The predicted molar refractivity (Wildman–Crippen MR) is 179 cm³/mol. The van der Waals surface area contributed by atoms with Crippen molar-refractivity contribution in [2.24, 2.45) is 11.8 Å². The Morgan fingerprint density at radius 1 is 0.667 bits per heavy atom. The van der Waals surface area contributed by atoms with Crippen molar-refractivity contribution in [3.05, 3.63) is 107 Å². The number of allylic oxidation sites excluding steroid dienone is 2. The Morgan fingerprint density at radius 2 is 1.10 bits per heavy atom. The first-order valence-electron chi connectivity index (χ1n) is 15.3. The molecule has 42 heavy (non-hydrogen) atoms. The molecule has 2 aromatic carbocycles. The third kappa shape index (κ3) is 4.86. The van der Waals surface area contributed by atoms with Gasteiger partial charge in [0.15, 0.2) is 0 Å². The number of benzene rings is 2. The van der Waals surface area contributed by atoms with Gasteiger partial charge in [-0.25, -0.2) is 0 Å². The average Bonchev–Trinajstić information content (AvgIpc) is 3.73. The molecule has 2 unspecified atom stereocenters. The molecule has 0 radical (unpaired) electrons.